The van der Waals surface area contributed by atoms with E-state index in [9.17, 15) is 14.4 Å². The summed E-state index contributed by atoms with van der Waals surface area (Å²) in [5.41, 5.74) is 1.13. The van der Waals surface area contributed by atoms with E-state index in [1.807, 2.05) is 30.3 Å². The van der Waals surface area contributed by atoms with Crippen molar-refractivity contribution in [3.05, 3.63) is 91.9 Å². The molecule has 1 heterocycles. The molecule has 0 N–H and O–H groups in total. The van der Waals surface area contributed by atoms with Gasteiger partial charge in [0.2, 0.25) is 0 Å². The Morgan fingerprint density at radius 1 is 0.875 bits per heavy atom. The lowest BCUT2D eigenvalue weighted by molar-refractivity contribution is 0.0469. The van der Waals surface area contributed by atoms with Crippen LogP contribution in [0.4, 0.5) is 5.69 Å². The number of amides is 2. The first-order chi connectivity index (χ1) is 15.3. The van der Waals surface area contributed by atoms with Crippen LogP contribution in [-0.2, 0) is 11.3 Å². The largest absolute Gasteiger partial charge is 0.496 e. The summed E-state index contributed by atoms with van der Waals surface area (Å²) in [5.74, 6) is -1.81. The highest BCUT2D eigenvalue weighted by Gasteiger charge is 2.39. The molecule has 0 unspecified atom stereocenters. The molecule has 3 aromatic rings. The molecule has 0 aromatic heterocycles. The van der Waals surface area contributed by atoms with Crippen molar-refractivity contribution in [2.45, 2.75) is 6.61 Å². The minimum atomic E-state index is -0.667. The van der Waals surface area contributed by atoms with Gasteiger partial charge in [-0.2, -0.15) is 0 Å². The molecule has 32 heavy (non-hydrogen) atoms. The van der Waals surface area contributed by atoms with E-state index in [4.69, 9.17) is 44.3 Å². The van der Waals surface area contributed by atoms with Crippen LogP contribution in [0.3, 0.4) is 0 Å². The smallest absolute Gasteiger partial charge is 0.342 e. The Labute approximate surface area is 198 Å². The van der Waals surface area contributed by atoms with Gasteiger partial charge < -0.3 is 9.47 Å². The molecule has 0 bridgehead atoms. The fourth-order valence-corrected chi connectivity index (χ4v) is 3.87. The summed E-state index contributed by atoms with van der Waals surface area (Å²) >= 11 is 18.4. The van der Waals surface area contributed by atoms with E-state index in [1.54, 1.807) is 0 Å². The van der Waals surface area contributed by atoms with Crippen LogP contribution in [0.5, 0.6) is 5.75 Å². The minimum Gasteiger partial charge on any atom is -0.496 e. The van der Waals surface area contributed by atoms with Crippen molar-refractivity contribution in [3.63, 3.8) is 0 Å². The van der Waals surface area contributed by atoms with Crippen LogP contribution in [0.25, 0.3) is 0 Å². The molecular weight excluding hydrogens is 477 g/mol. The number of nitrogens with zero attached hydrogens (tertiary/aromatic N) is 1. The fraction of sp³-hybridized carbons (Fsp3) is 0.0870. The molecule has 1 aliphatic rings. The molecule has 1 aliphatic heterocycles. The number of rotatable bonds is 5. The van der Waals surface area contributed by atoms with Gasteiger partial charge in [-0.15, -0.1) is 0 Å². The molecule has 0 aliphatic carbocycles. The van der Waals surface area contributed by atoms with E-state index in [1.165, 1.54) is 31.4 Å². The van der Waals surface area contributed by atoms with E-state index in [2.05, 4.69) is 0 Å². The van der Waals surface area contributed by atoms with E-state index < -0.39 is 17.8 Å². The summed E-state index contributed by atoms with van der Waals surface area (Å²) in [6, 6.07) is 14.5. The van der Waals surface area contributed by atoms with Gasteiger partial charge in [-0.05, 0) is 23.8 Å². The zero-order valence-corrected chi connectivity index (χ0v) is 18.8. The Morgan fingerprint density at radius 2 is 1.47 bits per heavy atom. The van der Waals surface area contributed by atoms with Crippen LogP contribution >= 0.6 is 34.8 Å². The van der Waals surface area contributed by atoms with E-state index in [0.717, 1.165) is 10.5 Å². The molecule has 0 fully saturated rings. The van der Waals surface area contributed by atoms with Crippen molar-refractivity contribution < 1.29 is 23.9 Å². The van der Waals surface area contributed by atoms with Crippen molar-refractivity contribution in [3.8, 4) is 5.75 Å². The third-order valence-electron chi connectivity index (χ3n) is 4.87. The van der Waals surface area contributed by atoms with Crippen LogP contribution in [0, 0.1) is 0 Å². The van der Waals surface area contributed by atoms with Crippen LogP contribution in [0.1, 0.15) is 36.6 Å². The second-order valence-corrected chi connectivity index (χ2v) is 8.04. The summed E-state index contributed by atoms with van der Waals surface area (Å²) in [6.45, 7) is 0.0577. The SMILES string of the molecule is COc1cc(N2C(=O)c3cc(Cl)c(Cl)cc3C2=O)c(Cl)cc1C(=O)OCc1ccccc1. The molecule has 4 rings (SSSR count). The number of hydrogen-bond donors (Lipinski definition) is 0. The normalized spacial score (nSPS) is 12.7. The van der Waals surface area contributed by atoms with Crippen LogP contribution in [-0.4, -0.2) is 24.9 Å². The molecule has 9 heteroatoms. The zero-order chi connectivity index (χ0) is 23.0. The Balaban J connectivity index is 1.66. The highest BCUT2D eigenvalue weighted by molar-refractivity contribution is 6.45. The van der Waals surface area contributed by atoms with Crippen molar-refractivity contribution in [1.82, 2.24) is 0 Å². The Hall–Kier alpha value is -3.06. The molecule has 0 radical (unpaired) electrons. The third kappa shape index (κ3) is 3.93. The van der Waals surface area contributed by atoms with Crippen LogP contribution < -0.4 is 9.64 Å². The Bertz CT molecular complexity index is 1220. The number of fused-ring (bicyclic) bond motifs is 1. The van der Waals surface area contributed by atoms with Gasteiger partial charge in [0.15, 0.2) is 0 Å². The quantitative estimate of drug-likeness (QED) is 0.333. The van der Waals surface area contributed by atoms with Gasteiger partial charge in [0.25, 0.3) is 11.8 Å². The summed E-state index contributed by atoms with van der Waals surface area (Å²) < 4.78 is 10.7. The Kier molecular flexibility index (Phi) is 6.11. The first kappa shape index (κ1) is 22.1. The summed E-state index contributed by atoms with van der Waals surface area (Å²) in [7, 11) is 1.35. The highest BCUT2D eigenvalue weighted by atomic mass is 35.5. The topological polar surface area (TPSA) is 72.9 Å². The monoisotopic (exact) mass is 489 g/mol. The fourth-order valence-electron chi connectivity index (χ4n) is 3.30. The molecule has 0 atom stereocenters. The molecule has 0 spiro atoms. The van der Waals surface area contributed by atoms with Gasteiger partial charge in [-0.3, -0.25) is 9.59 Å². The molecule has 2 amide bonds. The Morgan fingerprint density at radius 3 is 2.03 bits per heavy atom. The predicted molar refractivity (Wildman–Crippen MR) is 121 cm³/mol. The minimum absolute atomic E-state index is 0.0100. The summed E-state index contributed by atoms with van der Waals surface area (Å²) in [5, 5.41) is 0.284. The summed E-state index contributed by atoms with van der Waals surface area (Å²) in [4.78, 5) is 39.3. The molecule has 6 nitrogen and oxygen atoms in total. The number of methoxy groups -OCH3 is 1. The number of esters is 1. The van der Waals surface area contributed by atoms with Gasteiger partial charge in [-0.1, -0.05) is 65.1 Å². The van der Waals surface area contributed by atoms with E-state index in [-0.39, 0.29) is 49.8 Å². The number of imide groups is 1. The number of halogens is 3. The highest BCUT2D eigenvalue weighted by Crippen LogP contribution is 2.39. The maximum absolute atomic E-state index is 12.9. The first-order valence-electron chi connectivity index (χ1n) is 9.28. The lowest BCUT2D eigenvalue weighted by Crippen LogP contribution is -2.29. The molecule has 0 saturated heterocycles. The van der Waals surface area contributed by atoms with Crippen molar-refractivity contribution in [2.75, 3.05) is 12.0 Å². The average molecular weight is 491 g/mol. The van der Waals surface area contributed by atoms with Crippen LogP contribution in [0.2, 0.25) is 15.1 Å². The van der Waals surface area contributed by atoms with Gasteiger partial charge in [0.05, 0.1) is 39.0 Å². The lowest BCUT2D eigenvalue weighted by Gasteiger charge is -2.18. The average Bonchev–Trinajstić information content (AvgIpc) is 3.02. The van der Waals surface area contributed by atoms with Gasteiger partial charge in [-0.25, -0.2) is 9.69 Å². The molecule has 3 aromatic carbocycles. The van der Waals surface area contributed by atoms with E-state index in [0.29, 0.717) is 0 Å². The van der Waals surface area contributed by atoms with Crippen molar-refractivity contribution in [2.24, 2.45) is 0 Å². The van der Waals surface area contributed by atoms with Gasteiger partial charge >= 0.3 is 5.97 Å². The van der Waals surface area contributed by atoms with E-state index >= 15 is 0 Å². The standard InChI is InChI=1S/C23H14Cl3NO5/c1-31-20-10-19(27-21(28)13-7-16(24)17(25)8-14(13)22(27)29)18(26)9-15(20)23(30)32-11-12-5-3-2-4-6-12/h2-10H,11H2,1H3. The lowest BCUT2D eigenvalue weighted by atomic mass is 10.1. The van der Waals surface area contributed by atoms with Crippen LogP contribution in [0.15, 0.2) is 54.6 Å². The molecule has 0 saturated carbocycles. The third-order valence-corrected chi connectivity index (χ3v) is 5.89. The predicted octanol–water partition coefficient (Wildman–Crippen LogP) is 5.81. The summed E-state index contributed by atoms with van der Waals surface area (Å²) in [6.07, 6.45) is 0. The number of ether oxygens (including phenoxy) is 2. The zero-order valence-electron chi connectivity index (χ0n) is 16.5. The second kappa shape index (κ2) is 8.82. The maximum atomic E-state index is 12.9. The number of benzene rings is 3. The number of anilines is 1. The van der Waals surface area contributed by atoms with Gasteiger partial charge in [0.1, 0.15) is 17.9 Å². The molecule has 162 valence electrons. The first-order valence-corrected chi connectivity index (χ1v) is 10.4. The van der Waals surface area contributed by atoms with Crippen molar-refractivity contribution in [1.29, 1.82) is 0 Å². The molecular formula is C23H14Cl3NO5. The van der Waals surface area contributed by atoms with Crippen molar-refractivity contribution >= 4 is 58.3 Å². The number of hydrogen-bond acceptors (Lipinski definition) is 5. The number of carbonyl (C=O) groups is 3. The second-order valence-electron chi connectivity index (χ2n) is 6.82. The maximum Gasteiger partial charge on any atom is 0.342 e. The number of carbonyl (C=O) groups excluding carboxylic acids is 3. The van der Waals surface area contributed by atoms with Gasteiger partial charge in [0, 0.05) is 6.07 Å².